The summed E-state index contributed by atoms with van der Waals surface area (Å²) in [5, 5.41) is 6.11. The molecule has 5 rings (SSSR count). The predicted octanol–water partition coefficient (Wildman–Crippen LogP) is 4.09. The molecular weight excluding hydrogens is 420 g/mol. The van der Waals surface area contributed by atoms with Crippen LogP contribution in [0.4, 0.5) is 17.2 Å². The van der Waals surface area contributed by atoms with Crippen molar-refractivity contribution in [2.75, 3.05) is 17.4 Å². The largest absolute Gasteiger partial charge is 0.454 e. The quantitative estimate of drug-likeness (QED) is 0.435. The lowest BCUT2D eigenvalue weighted by atomic mass is 10.2. The van der Waals surface area contributed by atoms with Crippen LogP contribution in [0.25, 0.3) is 11.9 Å². The van der Waals surface area contributed by atoms with Crippen LogP contribution in [0.15, 0.2) is 73.3 Å². The molecule has 164 valence electrons. The van der Waals surface area contributed by atoms with Gasteiger partial charge in [-0.15, -0.1) is 0 Å². The normalized spacial score (nSPS) is 12.2. The molecule has 0 unspecified atom stereocenters. The van der Waals surface area contributed by atoms with E-state index in [-0.39, 0.29) is 12.7 Å². The SMILES string of the molecule is Cc1nc(Nc2ccc(NC(=O)/C=C/c3ccc4c(c3)OCO4)cc2)cc(-n2ccnc2)n1. The lowest BCUT2D eigenvalue weighted by molar-refractivity contribution is -0.111. The lowest BCUT2D eigenvalue weighted by Crippen LogP contribution is -2.07. The summed E-state index contributed by atoms with van der Waals surface area (Å²) in [7, 11) is 0. The van der Waals surface area contributed by atoms with Crippen LogP contribution in [-0.4, -0.2) is 32.2 Å². The summed E-state index contributed by atoms with van der Waals surface area (Å²) in [6.07, 6.45) is 8.41. The first-order valence-electron chi connectivity index (χ1n) is 10.2. The monoisotopic (exact) mass is 440 g/mol. The number of amides is 1. The van der Waals surface area contributed by atoms with E-state index in [2.05, 4.69) is 25.6 Å². The van der Waals surface area contributed by atoms with Crippen molar-refractivity contribution in [1.29, 1.82) is 0 Å². The van der Waals surface area contributed by atoms with E-state index in [9.17, 15) is 4.79 Å². The minimum atomic E-state index is -0.232. The lowest BCUT2D eigenvalue weighted by Gasteiger charge is -2.10. The fourth-order valence-corrected chi connectivity index (χ4v) is 3.30. The molecule has 0 spiro atoms. The zero-order valence-electron chi connectivity index (χ0n) is 17.7. The minimum Gasteiger partial charge on any atom is -0.454 e. The van der Waals surface area contributed by atoms with Crippen LogP contribution in [0.5, 0.6) is 11.5 Å². The summed E-state index contributed by atoms with van der Waals surface area (Å²) < 4.78 is 12.5. The van der Waals surface area contributed by atoms with E-state index in [0.29, 0.717) is 28.8 Å². The van der Waals surface area contributed by atoms with E-state index in [1.807, 2.05) is 66.2 Å². The van der Waals surface area contributed by atoms with Crippen LogP contribution in [0.1, 0.15) is 11.4 Å². The zero-order chi connectivity index (χ0) is 22.6. The van der Waals surface area contributed by atoms with Gasteiger partial charge < -0.3 is 20.1 Å². The Morgan fingerprint density at radius 2 is 1.85 bits per heavy atom. The summed E-state index contributed by atoms with van der Waals surface area (Å²) >= 11 is 0. The number of imidazole rings is 1. The van der Waals surface area contributed by atoms with E-state index in [1.54, 1.807) is 18.6 Å². The summed E-state index contributed by atoms with van der Waals surface area (Å²) in [4.78, 5) is 25.2. The molecular formula is C24H20N6O3. The summed E-state index contributed by atoms with van der Waals surface area (Å²) in [6, 6.07) is 14.7. The Bertz CT molecular complexity index is 1320. The third-order valence-electron chi connectivity index (χ3n) is 4.84. The molecule has 9 heteroatoms. The van der Waals surface area contributed by atoms with Gasteiger partial charge in [-0.05, 0) is 55.0 Å². The first-order chi connectivity index (χ1) is 16.1. The first kappa shape index (κ1) is 20.3. The van der Waals surface area contributed by atoms with Crippen molar-refractivity contribution in [2.45, 2.75) is 6.92 Å². The van der Waals surface area contributed by atoms with E-state index in [1.165, 1.54) is 6.08 Å². The van der Waals surface area contributed by atoms with Gasteiger partial charge in [0.15, 0.2) is 11.5 Å². The number of aromatic nitrogens is 4. The summed E-state index contributed by atoms with van der Waals surface area (Å²) in [5.41, 5.74) is 2.36. The van der Waals surface area contributed by atoms with Crippen molar-refractivity contribution in [3.8, 4) is 17.3 Å². The third-order valence-corrected chi connectivity index (χ3v) is 4.84. The first-order valence-corrected chi connectivity index (χ1v) is 10.2. The van der Waals surface area contributed by atoms with Gasteiger partial charge in [-0.1, -0.05) is 6.07 Å². The average molecular weight is 440 g/mol. The van der Waals surface area contributed by atoms with Gasteiger partial charge in [0.25, 0.3) is 0 Å². The number of carbonyl (C=O) groups is 1. The Labute approximate surface area is 189 Å². The van der Waals surface area contributed by atoms with Gasteiger partial charge >= 0.3 is 0 Å². The third kappa shape index (κ3) is 4.82. The molecule has 0 aliphatic carbocycles. The molecule has 0 atom stereocenters. The van der Waals surface area contributed by atoms with Gasteiger partial charge in [0.1, 0.15) is 23.8 Å². The number of fused-ring (bicyclic) bond motifs is 1. The second-order valence-corrected chi connectivity index (χ2v) is 7.27. The van der Waals surface area contributed by atoms with Crippen LogP contribution >= 0.6 is 0 Å². The average Bonchev–Trinajstić information content (AvgIpc) is 3.50. The summed E-state index contributed by atoms with van der Waals surface area (Å²) in [6.45, 7) is 2.05. The van der Waals surface area contributed by atoms with Crippen molar-refractivity contribution >= 4 is 29.2 Å². The van der Waals surface area contributed by atoms with Crippen molar-refractivity contribution in [2.24, 2.45) is 0 Å². The maximum atomic E-state index is 12.3. The van der Waals surface area contributed by atoms with Gasteiger partial charge in [-0.3, -0.25) is 9.36 Å². The number of nitrogens with zero attached hydrogens (tertiary/aromatic N) is 4. The highest BCUT2D eigenvalue weighted by atomic mass is 16.7. The Balaban J connectivity index is 1.21. The molecule has 2 aromatic carbocycles. The highest BCUT2D eigenvalue weighted by Crippen LogP contribution is 2.32. The molecule has 0 bridgehead atoms. The number of hydrogen-bond acceptors (Lipinski definition) is 7. The van der Waals surface area contributed by atoms with E-state index in [4.69, 9.17) is 9.47 Å². The highest BCUT2D eigenvalue weighted by Gasteiger charge is 2.12. The molecule has 0 fully saturated rings. The van der Waals surface area contributed by atoms with Crippen LogP contribution in [0.2, 0.25) is 0 Å². The number of nitrogens with one attached hydrogen (secondary N) is 2. The van der Waals surface area contributed by atoms with Crippen LogP contribution in [0, 0.1) is 6.92 Å². The maximum absolute atomic E-state index is 12.3. The Hall–Kier alpha value is -4.66. The molecule has 0 radical (unpaired) electrons. The second kappa shape index (κ2) is 8.83. The van der Waals surface area contributed by atoms with E-state index in [0.717, 1.165) is 17.1 Å². The fraction of sp³-hybridized carbons (Fsp3) is 0.0833. The number of rotatable bonds is 6. The number of ether oxygens (including phenoxy) is 2. The standard InChI is InChI=1S/C24H20N6O3/c1-16-26-22(13-23(27-16)30-11-10-25-14-30)28-18-4-6-19(7-5-18)29-24(31)9-3-17-2-8-20-21(12-17)33-15-32-20/h2-14H,15H2,1H3,(H,29,31)(H,26,27,28)/b9-3+. The number of hydrogen-bond donors (Lipinski definition) is 2. The molecule has 9 nitrogen and oxygen atoms in total. The molecule has 1 amide bonds. The Kier molecular flexibility index (Phi) is 5.42. The van der Waals surface area contributed by atoms with Crippen LogP contribution < -0.4 is 20.1 Å². The number of benzene rings is 2. The minimum absolute atomic E-state index is 0.219. The van der Waals surface area contributed by atoms with E-state index < -0.39 is 0 Å². The Morgan fingerprint density at radius 3 is 2.67 bits per heavy atom. The molecule has 2 N–H and O–H groups in total. The fourth-order valence-electron chi connectivity index (χ4n) is 3.30. The number of anilines is 3. The topological polar surface area (TPSA) is 103 Å². The van der Waals surface area contributed by atoms with E-state index >= 15 is 0 Å². The number of carbonyl (C=O) groups excluding carboxylic acids is 1. The van der Waals surface area contributed by atoms with Crippen LogP contribution in [-0.2, 0) is 4.79 Å². The Morgan fingerprint density at radius 1 is 1.03 bits per heavy atom. The smallest absolute Gasteiger partial charge is 0.248 e. The van der Waals surface area contributed by atoms with Gasteiger partial charge in [0.05, 0.1) is 0 Å². The highest BCUT2D eigenvalue weighted by molar-refractivity contribution is 6.02. The molecule has 33 heavy (non-hydrogen) atoms. The molecule has 1 aliphatic rings. The maximum Gasteiger partial charge on any atom is 0.248 e. The van der Waals surface area contributed by atoms with Crippen molar-refractivity contribution in [1.82, 2.24) is 19.5 Å². The number of aryl methyl sites for hydroxylation is 1. The molecule has 2 aromatic heterocycles. The van der Waals surface area contributed by atoms with Gasteiger partial charge in [-0.25, -0.2) is 15.0 Å². The van der Waals surface area contributed by atoms with Gasteiger partial charge in [0, 0.05) is 35.9 Å². The van der Waals surface area contributed by atoms with Crippen LogP contribution in [0.3, 0.4) is 0 Å². The van der Waals surface area contributed by atoms with Crippen molar-refractivity contribution in [3.05, 3.63) is 84.7 Å². The van der Waals surface area contributed by atoms with Gasteiger partial charge in [0.2, 0.25) is 12.7 Å². The zero-order valence-corrected chi connectivity index (χ0v) is 17.7. The molecule has 0 saturated heterocycles. The van der Waals surface area contributed by atoms with Gasteiger partial charge in [-0.2, -0.15) is 0 Å². The molecule has 0 saturated carbocycles. The molecule has 3 heterocycles. The molecule has 1 aliphatic heterocycles. The molecule has 4 aromatic rings. The summed E-state index contributed by atoms with van der Waals surface area (Å²) in [5.74, 6) is 3.18. The van der Waals surface area contributed by atoms with Crippen molar-refractivity contribution < 1.29 is 14.3 Å². The van der Waals surface area contributed by atoms with Crippen molar-refractivity contribution in [3.63, 3.8) is 0 Å². The second-order valence-electron chi connectivity index (χ2n) is 7.27. The predicted molar refractivity (Wildman–Crippen MR) is 124 cm³/mol.